The second kappa shape index (κ2) is 56.7. The number of aliphatic hydroxyl groups excluding tert-OH is 1. The Labute approximate surface area is 359 Å². The van der Waals surface area contributed by atoms with Crippen molar-refractivity contribution in [1.29, 1.82) is 0 Å². The summed E-state index contributed by atoms with van der Waals surface area (Å²) >= 11 is 0. The third-order valence-electron chi connectivity index (χ3n) is 11.2. The average Bonchev–Trinajstić information content (AvgIpc) is 3.22. The maximum absolute atomic E-state index is 11.9. The number of rotatable bonds is 46. The Kier molecular flexibility index (Phi) is 57.5. The normalized spacial score (nSPS) is 11.6. The van der Waals surface area contributed by atoms with Gasteiger partial charge in [0.15, 0.2) is 0 Å². The van der Waals surface area contributed by atoms with E-state index in [4.69, 9.17) is 9.84 Å². The van der Waals surface area contributed by atoms with Gasteiger partial charge in [0.1, 0.15) is 0 Å². The van der Waals surface area contributed by atoms with E-state index >= 15 is 0 Å². The van der Waals surface area contributed by atoms with Crippen LogP contribution >= 0.6 is 0 Å². The molecule has 0 heterocycles. The Morgan fingerprint density at radius 1 is 0.333 bits per heavy atom. The zero-order valence-corrected chi connectivity index (χ0v) is 39.3. The van der Waals surface area contributed by atoms with Crippen LogP contribution in [0, 0.1) is 0 Å². The Balaban J connectivity index is 0. The van der Waals surface area contributed by atoms with E-state index in [0.717, 1.165) is 25.7 Å². The van der Waals surface area contributed by atoms with E-state index in [9.17, 15) is 4.79 Å². The second-order valence-corrected chi connectivity index (χ2v) is 17.2. The third kappa shape index (κ3) is 59.1. The second-order valence-electron chi connectivity index (χ2n) is 17.2. The molecule has 0 atom stereocenters. The molecule has 0 fully saturated rings. The molecule has 0 aromatic carbocycles. The highest BCUT2D eigenvalue weighted by Gasteiger charge is 2.02. The lowest BCUT2D eigenvalue weighted by molar-refractivity contribution is -0.143. The fraction of sp³-hybridized carbons (Fsp3) is 0.870. The van der Waals surface area contributed by atoms with Crippen molar-refractivity contribution in [2.75, 3.05) is 13.2 Å². The van der Waals surface area contributed by atoms with Crippen LogP contribution in [-0.2, 0) is 9.53 Å². The summed E-state index contributed by atoms with van der Waals surface area (Å²) in [5, 5.41) is 8.66. The topological polar surface area (TPSA) is 46.5 Å². The summed E-state index contributed by atoms with van der Waals surface area (Å²) < 4.78 is 5.42. The Morgan fingerprint density at radius 3 is 0.877 bits per heavy atom. The summed E-state index contributed by atoms with van der Waals surface area (Å²) in [6.45, 7) is 7.81. The first-order valence-electron chi connectivity index (χ1n) is 25.9. The number of unbranched alkanes of at least 4 members (excludes halogenated alkanes) is 35. The van der Waals surface area contributed by atoms with Gasteiger partial charge in [0.05, 0.1) is 6.61 Å². The van der Waals surface area contributed by atoms with Crippen molar-refractivity contribution in [1.82, 2.24) is 0 Å². The van der Waals surface area contributed by atoms with Crippen LogP contribution in [0.3, 0.4) is 0 Å². The van der Waals surface area contributed by atoms with Gasteiger partial charge in [-0.15, -0.1) is 0 Å². The minimum atomic E-state index is 0.00961. The molecule has 0 saturated carbocycles. The Morgan fingerprint density at radius 2 is 0.579 bits per heavy atom. The van der Waals surface area contributed by atoms with Crippen LogP contribution in [0.2, 0.25) is 0 Å². The average molecular weight is 801 g/mol. The Bertz CT molecular complexity index is 799. The predicted molar refractivity (Wildman–Crippen MR) is 256 cm³/mol. The first kappa shape index (κ1) is 57.7. The zero-order chi connectivity index (χ0) is 41.6. The standard InChI is InChI=1S/C36H68O2.C18H36O/c1-3-5-7-9-11-13-15-17-19-21-23-25-27-29-31-33-35-38-36(37)34-32-30-28-26-24-22-20-18-16-14-12-10-8-6-4-2;1-2-3-4-5-6-7-8-9-10-11-12-13-14-15-16-17-18-19/h17-20H,3-16,21-35H2,1-2H3;9-10,19H,2-8,11-18H2,1H3/b19-17-,20-18-;10-9-. The number of hydrogen-bond donors (Lipinski definition) is 1. The van der Waals surface area contributed by atoms with E-state index in [2.05, 4.69) is 57.2 Å². The molecule has 3 nitrogen and oxygen atoms in total. The SMILES string of the molecule is CCCCCCCC/C=C\CCCCCCCCO.CCCCCCCC/C=C\CCCCCCCCOC(=O)CCCCCCC/C=C\CCCCCCCC. The van der Waals surface area contributed by atoms with Crippen LogP contribution in [0.25, 0.3) is 0 Å². The largest absolute Gasteiger partial charge is 0.466 e. The molecule has 0 aromatic rings. The number of allylic oxidation sites excluding steroid dienone is 6. The molecular weight excluding hydrogens is 697 g/mol. The lowest BCUT2D eigenvalue weighted by Gasteiger charge is -2.05. The fourth-order valence-corrected chi connectivity index (χ4v) is 7.31. The summed E-state index contributed by atoms with van der Waals surface area (Å²) in [7, 11) is 0. The maximum Gasteiger partial charge on any atom is 0.305 e. The molecule has 0 saturated heterocycles. The van der Waals surface area contributed by atoms with Gasteiger partial charge in [-0.3, -0.25) is 4.79 Å². The maximum atomic E-state index is 11.9. The van der Waals surface area contributed by atoms with E-state index in [-0.39, 0.29) is 5.97 Å². The first-order valence-corrected chi connectivity index (χ1v) is 25.9. The summed E-state index contributed by atoms with van der Waals surface area (Å²) in [5.41, 5.74) is 0. The van der Waals surface area contributed by atoms with Crippen molar-refractivity contribution in [2.45, 2.75) is 290 Å². The highest BCUT2D eigenvalue weighted by molar-refractivity contribution is 5.69. The molecule has 0 bridgehead atoms. The highest BCUT2D eigenvalue weighted by atomic mass is 16.5. The number of ether oxygens (including phenoxy) is 1. The molecule has 0 radical (unpaired) electrons. The molecular formula is C54H104O3. The minimum absolute atomic E-state index is 0.00961. The molecule has 338 valence electrons. The van der Waals surface area contributed by atoms with Crippen molar-refractivity contribution in [3.63, 3.8) is 0 Å². The van der Waals surface area contributed by atoms with Gasteiger partial charge in [-0.2, -0.15) is 0 Å². The summed E-state index contributed by atoms with van der Waals surface area (Å²) in [5.74, 6) is 0.00961. The molecule has 0 rings (SSSR count). The van der Waals surface area contributed by atoms with Crippen LogP contribution in [0.1, 0.15) is 290 Å². The predicted octanol–water partition coefficient (Wildman–Crippen LogP) is 18.6. The molecule has 0 amide bonds. The van der Waals surface area contributed by atoms with Gasteiger partial charge in [0.25, 0.3) is 0 Å². The minimum Gasteiger partial charge on any atom is -0.466 e. The van der Waals surface area contributed by atoms with Gasteiger partial charge >= 0.3 is 5.97 Å². The number of carbonyl (C=O) groups excluding carboxylic acids is 1. The molecule has 0 aliphatic rings. The highest BCUT2D eigenvalue weighted by Crippen LogP contribution is 2.13. The van der Waals surface area contributed by atoms with Gasteiger partial charge in [0.2, 0.25) is 0 Å². The van der Waals surface area contributed by atoms with Crippen LogP contribution < -0.4 is 0 Å². The van der Waals surface area contributed by atoms with Gasteiger partial charge in [-0.25, -0.2) is 0 Å². The van der Waals surface area contributed by atoms with Gasteiger partial charge in [-0.05, 0) is 96.3 Å². The number of hydrogen-bond acceptors (Lipinski definition) is 3. The van der Waals surface area contributed by atoms with Crippen LogP contribution in [0.4, 0.5) is 0 Å². The van der Waals surface area contributed by atoms with Crippen molar-refractivity contribution >= 4 is 5.97 Å². The molecule has 57 heavy (non-hydrogen) atoms. The van der Waals surface area contributed by atoms with Gasteiger partial charge in [-0.1, -0.05) is 224 Å². The molecule has 0 spiro atoms. The smallest absolute Gasteiger partial charge is 0.305 e. The number of aliphatic hydroxyl groups is 1. The fourth-order valence-electron chi connectivity index (χ4n) is 7.31. The number of carbonyl (C=O) groups is 1. The van der Waals surface area contributed by atoms with Gasteiger partial charge in [0, 0.05) is 13.0 Å². The lowest BCUT2D eigenvalue weighted by Crippen LogP contribution is -2.05. The van der Waals surface area contributed by atoms with Crippen molar-refractivity contribution in [3.8, 4) is 0 Å². The van der Waals surface area contributed by atoms with Crippen LogP contribution in [0.5, 0.6) is 0 Å². The Hall–Kier alpha value is -1.35. The molecule has 3 heteroatoms. The third-order valence-corrected chi connectivity index (χ3v) is 11.2. The molecule has 1 N–H and O–H groups in total. The van der Waals surface area contributed by atoms with Crippen LogP contribution in [0.15, 0.2) is 36.5 Å². The number of esters is 1. The van der Waals surface area contributed by atoms with E-state index in [1.54, 1.807) is 0 Å². The summed E-state index contributed by atoms with van der Waals surface area (Å²) in [6, 6.07) is 0. The monoisotopic (exact) mass is 801 g/mol. The summed E-state index contributed by atoms with van der Waals surface area (Å²) in [4.78, 5) is 11.9. The van der Waals surface area contributed by atoms with Crippen molar-refractivity contribution in [2.24, 2.45) is 0 Å². The van der Waals surface area contributed by atoms with Crippen molar-refractivity contribution in [3.05, 3.63) is 36.5 Å². The molecule has 0 unspecified atom stereocenters. The summed E-state index contributed by atoms with van der Waals surface area (Å²) in [6.07, 6.45) is 68.4. The molecule has 0 aromatic heterocycles. The van der Waals surface area contributed by atoms with E-state index in [1.807, 2.05) is 0 Å². The van der Waals surface area contributed by atoms with E-state index < -0.39 is 0 Å². The van der Waals surface area contributed by atoms with Gasteiger partial charge < -0.3 is 9.84 Å². The quantitative estimate of drug-likeness (QED) is 0.0379. The first-order chi connectivity index (χ1) is 28.2. The van der Waals surface area contributed by atoms with E-state index in [1.165, 1.54) is 238 Å². The lowest BCUT2D eigenvalue weighted by atomic mass is 10.1. The van der Waals surface area contributed by atoms with E-state index in [0.29, 0.717) is 19.6 Å². The zero-order valence-electron chi connectivity index (χ0n) is 39.3. The van der Waals surface area contributed by atoms with Crippen molar-refractivity contribution < 1.29 is 14.6 Å². The molecule has 0 aliphatic carbocycles. The molecule has 0 aliphatic heterocycles. The van der Waals surface area contributed by atoms with Crippen LogP contribution in [-0.4, -0.2) is 24.3 Å².